The largest absolute Gasteiger partial charge is 0.353 e. The third-order valence-electron chi connectivity index (χ3n) is 3.33. The molecule has 0 aliphatic heterocycles. The van der Waals surface area contributed by atoms with E-state index in [-0.39, 0.29) is 29.7 Å². The van der Waals surface area contributed by atoms with Crippen LogP contribution in [0.25, 0.3) is 0 Å². The van der Waals surface area contributed by atoms with Crippen LogP contribution in [0.3, 0.4) is 0 Å². The van der Waals surface area contributed by atoms with Crippen molar-refractivity contribution in [3.63, 3.8) is 0 Å². The predicted octanol–water partition coefficient (Wildman–Crippen LogP) is 4.29. The summed E-state index contributed by atoms with van der Waals surface area (Å²) in [4.78, 5) is 14.8. The number of nitrogens with one attached hydrogen (secondary N) is 2. The van der Waals surface area contributed by atoms with E-state index in [2.05, 4.69) is 22.2 Å². The van der Waals surface area contributed by atoms with E-state index in [4.69, 9.17) is 11.6 Å². The van der Waals surface area contributed by atoms with Gasteiger partial charge in [-0.15, -0.1) is 30.6 Å². The van der Waals surface area contributed by atoms with Crippen molar-refractivity contribution in [2.24, 2.45) is 4.99 Å². The zero-order chi connectivity index (χ0) is 18.1. The van der Waals surface area contributed by atoms with Crippen LogP contribution in [-0.2, 0) is 13.1 Å². The van der Waals surface area contributed by atoms with Gasteiger partial charge in [-0.25, -0.2) is 4.99 Å². The first-order valence-corrected chi connectivity index (χ1v) is 8.07. The summed E-state index contributed by atoms with van der Waals surface area (Å²) in [6.45, 7) is 5.23. The lowest BCUT2D eigenvalue weighted by molar-refractivity contribution is -0.384. The maximum absolute atomic E-state index is 10.7. The normalized spacial score (nSPS) is 10.6. The molecule has 0 aliphatic carbocycles. The van der Waals surface area contributed by atoms with Crippen LogP contribution >= 0.6 is 35.6 Å². The number of hydrogen-bond donors (Lipinski definition) is 2. The van der Waals surface area contributed by atoms with Crippen LogP contribution < -0.4 is 10.6 Å². The highest BCUT2D eigenvalue weighted by molar-refractivity contribution is 14.0. The molecule has 2 N–H and O–H groups in total. The molecular formula is C18H20ClIN4O2. The molecule has 0 unspecified atom stereocenters. The van der Waals surface area contributed by atoms with Crippen LogP contribution in [0.1, 0.15) is 11.1 Å². The molecule has 0 aliphatic rings. The van der Waals surface area contributed by atoms with E-state index in [1.54, 1.807) is 18.2 Å². The van der Waals surface area contributed by atoms with Gasteiger partial charge >= 0.3 is 0 Å². The van der Waals surface area contributed by atoms with E-state index in [9.17, 15) is 10.1 Å². The van der Waals surface area contributed by atoms with Crippen LogP contribution in [0.2, 0.25) is 5.02 Å². The monoisotopic (exact) mass is 486 g/mol. The summed E-state index contributed by atoms with van der Waals surface area (Å²) < 4.78 is 0. The quantitative estimate of drug-likeness (QED) is 0.153. The Morgan fingerprint density at radius 2 is 1.92 bits per heavy atom. The second-order valence-electron chi connectivity index (χ2n) is 5.24. The highest BCUT2D eigenvalue weighted by atomic mass is 127. The molecule has 8 heteroatoms. The first-order valence-electron chi connectivity index (χ1n) is 7.69. The number of non-ortho nitro benzene ring substituents is 1. The summed E-state index contributed by atoms with van der Waals surface area (Å²) >= 11 is 5.98. The lowest BCUT2D eigenvalue weighted by Crippen LogP contribution is -2.37. The summed E-state index contributed by atoms with van der Waals surface area (Å²) in [6.07, 6.45) is 1.74. The number of guanidine groups is 1. The van der Waals surface area contributed by atoms with Gasteiger partial charge in [0.15, 0.2) is 5.96 Å². The number of hydrogen-bond acceptors (Lipinski definition) is 3. The fourth-order valence-electron chi connectivity index (χ4n) is 2.07. The Labute approximate surface area is 174 Å². The van der Waals surface area contributed by atoms with Gasteiger partial charge in [-0.2, -0.15) is 0 Å². The SMILES string of the molecule is C=CCNC(=NCc1cccc(Cl)c1)NCc1ccc([N+](=O)[O-])cc1.I. The van der Waals surface area contributed by atoms with Crippen molar-refractivity contribution in [1.82, 2.24) is 10.6 Å². The van der Waals surface area contributed by atoms with Gasteiger partial charge in [0.05, 0.1) is 11.5 Å². The molecule has 0 spiro atoms. The maximum Gasteiger partial charge on any atom is 0.269 e. The molecule has 0 heterocycles. The third-order valence-corrected chi connectivity index (χ3v) is 3.56. The molecule has 26 heavy (non-hydrogen) atoms. The molecule has 2 rings (SSSR count). The summed E-state index contributed by atoms with van der Waals surface area (Å²) in [5, 5.41) is 17.7. The average molecular weight is 487 g/mol. The van der Waals surface area contributed by atoms with Crippen LogP contribution in [0.15, 0.2) is 66.2 Å². The Balaban J connectivity index is 0.00000338. The van der Waals surface area contributed by atoms with E-state index < -0.39 is 4.92 Å². The van der Waals surface area contributed by atoms with Gasteiger partial charge in [0.2, 0.25) is 0 Å². The Morgan fingerprint density at radius 1 is 1.19 bits per heavy atom. The van der Waals surface area contributed by atoms with E-state index in [1.165, 1.54) is 12.1 Å². The number of aliphatic imine (C=N–C) groups is 1. The molecule has 0 fully saturated rings. The number of nitro groups is 1. The summed E-state index contributed by atoms with van der Waals surface area (Å²) in [6, 6.07) is 13.9. The minimum Gasteiger partial charge on any atom is -0.353 e. The minimum absolute atomic E-state index is 0. The standard InChI is InChI=1S/C18H19ClN4O2.HI/c1-2-10-20-18(22-13-15-4-3-5-16(19)11-15)21-12-14-6-8-17(9-7-14)23(24)25;/h2-9,11H,1,10,12-13H2,(H2,20,21,22);1H. The van der Waals surface area contributed by atoms with Crippen molar-refractivity contribution < 1.29 is 4.92 Å². The summed E-state index contributed by atoms with van der Waals surface area (Å²) in [5.41, 5.74) is 1.99. The highest BCUT2D eigenvalue weighted by Crippen LogP contribution is 2.12. The smallest absolute Gasteiger partial charge is 0.269 e. The Kier molecular flexibility index (Phi) is 9.67. The second kappa shape index (κ2) is 11.5. The van der Waals surface area contributed by atoms with E-state index in [0.717, 1.165) is 11.1 Å². The lowest BCUT2D eigenvalue weighted by Gasteiger charge is -2.11. The van der Waals surface area contributed by atoms with Crippen LogP contribution in [0.4, 0.5) is 5.69 Å². The molecule has 0 saturated heterocycles. The molecule has 0 atom stereocenters. The molecule has 138 valence electrons. The Morgan fingerprint density at radius 3 is 2.54 bits per heavy atom. The summed E-state index contributed by atoms with van der Waals surface area (Å²) in [7, 11) is 0. The van der Waals surface area contributed by atoms with Gasteiger partial charge < -0.3 is 10.6 Å². The van der Waals surface area contributed by atoms with Gasteiger partial charge in [-0.3, -0.25) is 10.1 Å². The molecule has 2 aromatic rings. The zero-order valence-corrected chi connectivity index (χ0v) is 17.1. The number of nitro benzene ring substituents is 1. The third kappa shape index (κ3) is 7.40. The van der Waals surface area contributed by atoms with Gasteiger partial charge in [0.1, 0.15) is 0 Å². The summed E-state index contributed by atoms with van der Waals surface area (Å²) in [5.74, 6) is 0.623. The molecule has 0 radical (unpaired) electrons. The Bertz CT molecular complexity index is 766. The molecule has 2 aromatic carbocycles. The van der Waals surface area contributed by atoms with Gasteiger partial charge in [0.25, 0.3) is 5.69 Å². The van der Waals surface area contributed by atoms with Crippen LogP contribution in [-0.4, -0.2) is 17.4 Å². The number of rotatable bonds is 7. The molecule has 0 amide bonds. The van der Waals surface area contributed by atoms with Crippen LogP contribution in [0.5, 0.6) is 0 Å². The van der Waals surface area contributed by atoms with Crippen LogP contribution in [0, 0.1) is 10.1 Å². The zero-order valence-electron chi connectivity index (χ0n) is 14.0. The minimum atomic E-state index is -0.416. The predicted molar refractivity (Wildman–Crippen MR) is 116 cm³/mol. The van der Waals surface area contributed by atoms with Gasteiger partial charge in [-0.05, 0) is 23.3 Å². The Hall–Kier alpha value is -2.13. The van der Waals surface area contributed by atoms with E-state index >= 15 is 0 Å². The van der Waals surface area contributed by atoms with Crippen molar-refractivity contribution in [2.75, 3.05) is 6.54 Å². The molecule has 0 saturated carbocycles. The van der Waals surface area contributed by atoms with Crippen molar-refractivity contribution in [1.29, 1.82) is 0 Å². The highest BCUT2D eigenvalue weighted by Gasteiger charge is 2.04. The van der Waals surface area contributed by atoms with E-state index in [1.807, 2.05) is 24.3 Å². The molecule has 0 aromatic heterocycles. The van der Waals surface area contributed by atoms with Crippen molar-refractivity contribution in [3.05, 3.63) is 87.4 Å². The number of nitrogens with zero attached hydrogens (tertiary/aromatic N) is 2. The molecule has 0 bridgehead atoms. The first-order chi connectivity index (χ1) is 12.1. The fraction of sp³-hybridized carbons (Fsp3) is 0.167. The molecular weight excluding hydrogens is 467 g/mol. The second-order valence-corrected chi connectivity index (χ2v) is 5.68. The fourth-order valence-corrected chi connectivity index (χ4v) is 2.28. The first kappa shape index (κ1) is 21.9. The average Bonchev–Trinajstić information content (AvgIpc) is 2.61. The van der Waals surface area contributed by atoms with E-state index in [0.29, 0.717) is 30.6 Å². The van der Waals surface area contributed by atoms with Crippen molar-refractivity contribution in [3.8, 4) is 0 Å². The maximum atomic E-state index is 10.7. The topological polar surface area (TPSA) is 79.6 Å². The molecule has 6 nitrogen and oxygen atoms in total. The van der Waals surface area contributed by atoms with Gasteiger partial charge in [0, 0.05) is 30.2 Å². The van der Waals surface area contributed by atoms with Crippen molar-refractivity contribution >= 4 is 47.2 Å². The lowest BCUT2D eigenvalue weighted by atomic mass is 10.2. The van der Waals surface area contributed by atoms with Crippen molar-refractivity contribution in [2.45, 2.75) is 13.1 Å². The van der Waals surface area contributed by atoms with Gasteiger partial charge in [-0.1, -0.05) is 41.9 Å². The number of benzene rings is 2. The number of halogens is 2.